The highest BCUT2D eigenvalue weighted by Crippen LogP contribution is 2.18. The van der Waals surface area contributed by atoms with E-state index in [1.54, 1.807) is 12.1 Å². The highest BCUT2D eigenvalue weighted by atomic mass is 32.1. The summed E-state index contributed by atoms with van der Waals surface area (Å²) < 4.78 is 10.0. The van der Waals surface area contributed by atoms with E-state index in [0.29, 0.717) is 11.4 Å². The van der Waals surface area contributed by atoms with Crippen LogP contribution >= 0.6 is 12.2 Å². The molecule has 0 atom stereocenters. The van der Waals surface area contributed by atoms with Crippen LogP contribution in [0.1, 0.15) is 26.7 Å². The lowest BCUT2D eigenvalue weighted by atomic mass is 10.3. The number of anilines is 1. The summed E-state index contributed by atoms with van der Waals surface area (Å²) in [6.07, 6.45) is 0.105. The summed E-state index contributed by atoms with van der Waals surface area (Å²) >= 11 is 5.05. The molecule has 1 rings (SSSR count). The van der Waals surface area contributed by atoms with Gasteiger partial charge in [-0.05, 0) is 38.2 Å². The van der Waals surface area contributed by atoms with Crippen molar-refractivity contribution >= 4 is 34.9 Å². The average molecular weight is 324 g/mol. The minimum absolute atomic E-state index is 0.0165. The van der Waals surface area contributed by atoms with E-state index < -0.39 is 5.97 Å². The molecular formula is C15H20N2O4S. The molecule has 0 radical (unpaired) electrons. The van der Waals surface area contributed by atoms with E-state index in [1.165, 1.54) is 7.11 Å². The molecule has 2 N–H and O–H groups in total. The summed E-state index contributed by atoms with van der Waals surface area (Å²) in [5, 5.41) is 5.56. The molecule has 0 aliphatic heterocycles. The third-order valence-corrected chi connectivity index (χ3v) is 2.70. The highest BCUT2D eigenvalue weighted by molar-refractivity contribution is 7.80. The number of amides is 1. The predicted octanol–water partition coefficient (Wildman–Crippen LogP) is 2.24. The molecule has 0 saturated carbocycles. The number of hydrogen-bond donors (Lipinski definition) is 2. The van der Waals surface area contributed by atoms with Gasteiger partial charge in [0.25, 0.3) is 0 Å². The van der Waals surface area contributed by atoms with E-state index in [4.69, 9.17) is 17.0 Å². The van der Waals surface area contributed by atoms with Crippen LogP contribution in [0.2, 0.25) is 0 Å². The first kappa shape index (κ1) is 17.9. The summed E-state index contributed by atoms with van der Waals surface area (Å²) in [7, 11) is 1.28. The fraction of sp³-hybridized carbons (Fsp3) is 0.400. The van der Waals surface area contributed by atoms with Gasteiger partial charge in [-0.1, -0.05) is 6.07 Å². The van der Waals surface area contributed by atoms with Crippen molar-refractivity contribution in [3.63, 3.8) is 0 Å². The molecule has 1 amide bonds. The molecule has 0 bridgehead atoms. The molecule has 1 aromatic rings. The third kappa shape index (κ3) is 7.03. The SMILES string of the molecule is COC(=O)CCC(=O)NC(=S)Nc1cccc(OC(C)C)c1. The van der Waals surface area contributed by atoms with Gasteiger partial charge in [-0.15, -0.1) is 0 Å². The number of esters is 1. The Bertz CT molecular complexity index is 546. The quantitative estimate of drug-likeness (QED) is 0.617. The number of carbonyl (C=O) groups excluding carboxylic acids is 2. The van der Waals surface area contributed by atoms with Crippen molar-refractivity contribution in [1.82, 2.24) is 5.32 Å². The highest BCUT2D eigenvalue weighted by Gasteiger charge is 2.09. The Labute approximate surface area is 135 Å². The molecular weight excluding hydrogens is 304 g/mol. The molecule has 7 heteroatoms. The lowest BCUT2D eigenvalue weighted by Crippen LogP contribution is -2.34. The molecule has 0 heterocycles. The van der Waals surface area contributed by atoms with Crippen LogP contribution < -0.4 is 15.4 Å². The van der Waals surface area contributed by atoms with Gasteiger partial charge in [-0.3, -0.25) is 9.59 Å². The average Bonchev–Trinajstić information content (AvgIpc) is 2.44. The van der Waals surface area contributed by atoms with Gasteiger partial charge in [0.1, 0.15) is 5.75 Å². The predicted molar refractivity (Wildman–Crippen MR) is 87.8 cm³/mol. The molecule has 1 aromatic carbocycles. The zero-order chi connectivity index (χ0) is 16.5. The van der Waals surface area contributed by atoms with Crippen molar-refractivity contribution < 1.29 is 19.1 Å². The van der Waals surface area contributed by atoms with Gasteiger partial charge in [0, 0.05) is 18.2 Å². The number of methoxy groups -OCH3 is 1. The summed E-state index contributed by atoms with van der Waals surface area (Å²) in [5.41, 5.74) is 0.705. The number of thiocarbonyl (C=S) groups is 1. The van der Waals surface area contributed by atoms with E-state index >= 15 is 0 Å². The van der Waals surface area contributed by atoms with Gasteiger partial charge in [-0.25, -0.2) is 0 Å². The van der Waals surface area contributed by atoms with Gasteiger partial charge in [-0.2, -0.15) is 0 Å². The van der Waals surface area contributed by atoms with Crippen LogP contribution in [0, 0.1) is 0 Å². The lowest BCUT2D eigenvalue weighted by molar-refractivity contribution is -0.142. The van der Waals surface area contributed by atoms with Crippen molar-refractivity contribution in [1.29, 1.82) is 0 Å². The molecule has 22 heavy (non-hydrogen) atoms. The normalized spacial score (nSPS) is 10.0. The Morgan fingerprint density at radius 1 is 1.27 bits per heavy atom. The van der Waals surface area contributed by atoms with E-state index in [2.05, 4.69) is 15.4 Å². The first-order valence-corrected chi connectivity index (χ1v) is 7.26. The lowest BCUT2D eigenvalue weighted by Gasteiger charge is -2.13. The second kappa shape index (κ2) is 8.99. The summed E-state index contributed by atoms with van der Waals surface area (Å²) in [5.74, 6) is -0.0788. The second-order valence-corrected chi connectivity index (χ2v) is 5.18. The van der Waals surface area contributed by atoms with E-state index in [1.807, 2.05) is 26.0 Å². The Kier molecular flexibility index (Phi) is 7.31. The summed E-state index contributed by atoms with van der Waals surface area (Å²) in [6, 6.07) is 7.25. The molecule has 0 unspecified atom stereocenters. The molecule has 0 aromatic heterocycles. The fourth-order valence-corrected chi connectivity index (χ4v) is 1.82. The largest absolute Gasteiger partial charge is 0.491 e. The van der Waals surface area contributed by atoms with Crippen LogP contribution in [0.15, 0.2) is 24.3 Å². The Morgan fingerprint density at radius 2 is 2.00 bits per heavy atom. The first-order chi connectivity index (χ1) is 10.4. The zero-order valence-corrected chi connectivity index (χ0v) is 13.7. The third-order valence-electron chi connectivity index (χ3n) is 2.50. The number of rotatable bonds is 6. The Morgan fingerprint density at radius 3 is 2.64 bits per heavy atom. The molecule has 0 saturated heterocycles. The van der Waals surface area contributed by atoms with Crippen LogP contribution in [0.25, 0.3) is 0 Å². The van der Waals surface area contributed by atoms with Crippen LogP contribution in [0.3, 0.4) is 0 Å². The van der Waals surface area contributed by atoms with Crippen molar-refractivity contribution in [2.45, 2.75) is 32.8 Å². The fourth-order valence-electron chi connectivity index (χ4n) is 1.59. The van der Waals surface area contributed by atoms with Crippen LogP contribution in [-0.4, -0.2) is 30.2 Å². The summed E-state index contributed by atoms with van der Waals surface area (Å²) in [6.45, 7) is 3.87. The zero-order valence-electron chi connectivity index (χ0n) is 12.8. The number of hydrogen-bond acceptors (Lipinski definition) is 5. The molecule has 0 spiro atoms. The first-order valence-electron chi connectivity index (χ1n) is 6.85. The molecule has 6 nitrogen and oxygen atoms in total. The van der Waals surface area contributed by atoms with Crippen molar-refractivity contribution in [3.8, 4) is 5.75 Å². The maximum Gasteiger partial charge on any atom is 0.306 e. The minimum Gasteiger partial charge on any atom is -0.491 e. The summed E-state index contributed by atoms with van der Waals surface area (Å²) in [4.78, 5) is 22.6. The second-order valence-electron chi connectivity index (χ2n) is 4.77. The smallest absolute Gasteiger partial charge is 0.306 e. The number of carbonyl (C=O) groups is 2. The van der Waals surface area contributed by atoms with Gasteiger partial charge in [0.15, 0.2) is 5.11 Å². The number of ether oxygens (including phenoxy) is 2. The molecule has 0 aliphatic rings. The maximum absolute atomic E-state index is 11.6. The molecule has 120 valence electrons. The Balaban J connectivity index is 2.47. The van der Waals surface area contributed by atoms with E-state index in [9.17, 15) is 9.59 Å². The topological polar surface area (TPSA) is 76.7 Å². The standard InChI is InChI=1S/C15H20N2O4S/c1-10(2)21-12-6-4-5-11(9-12)16-15(22)17-13(18)7-8-14(19)20-3/h4-6,9-10H,7-8H2,1-3H3,(H2,16,17,18,22). The van der Waals surface area contributed by atoms with Crippen LogP contribution in [0.5, 0.6) is 5.75 Å². The van der Waals surface area contributed by atoms with Crippen LogP contribution in [-0.2, 0) is 14.3 Å². The minimum atomic E-state index is -0.437. The van der Waals surface area contributed by atoms with E-state index in [0.717, 1.165) is 0 Å². The maximum atomic E-state index is 11.6. The van der Waals surface area contributed by atoms with Crippen molar-refractivity contribution in [2.75, 3.05) is 12.4 Å². The van der Waals surface area contributed by atoms with Crippen molar-refractivity contribution in [3.05, 3.63) is 24.3 Å². The Hall–Kier alpha value is -2.15. The molecule has 0 aliphatic carbocycles. The van der Waals surface area contributed by atoms with Gasteiger partial charge >= 0.3 is 5.97 Å². The van der Waals surface area contributed by atoms with Gasteiger partial charge < -0.3 is 20.1 Å². The van der Waals surface area contributed by atoms with E-state index in [-0.39, 0.29) is 30.0 Å². The van der Waals surface area contributed by atoms with Gasteiger partial charge in [0.2, 0.25) is 5.91 Å². The van der Waals surface area contributed by atoms with Gasteiger partial charge in [0.05, 0.1) is 19.6 Å². The van der Waals surface area contributed by atoms with Crippen LogP contribution in [0.4, 0.5) is 5.69 Å². The van der Waals surface area contributed by atoms with Crippen molar-refractivity contribution in [2.24, 2.45) is 0 Å². The monoisotopic (exact) mass is 324 g/mol. The number of nitrogens with one attached hydrogen (secondary N) is 2. The molecule has 0 fully saturated rings. The number of benzene rings is 1.